The van der Waals surface area contributed by atoms with E-state index in [9.17, 15) is 18.0 Å². The molecule has 0 atom stereocenters. The van der Waals surface area contributed by atoms with E-state index in [1.807, 2.05) is 0 Å². The van der Waals surface area contributed by atoms with Crippen molar-refractivity contribution in [1.29, 1.82) is 0 Å². The van der Waals surface area contributed by atoms with E-state index in [1.165, 1.54) is 9.66 Å². The zero-order chi connectivity index (χ0) is 14.5. The summed E-state index contributed by atoms with van der Waals surface area (Å²) in [4.78, 5) is 9.18. The molecule has 0 amide bonds. The van der Waals surface area contributed by atoms with E-state index in [1.54, 1.807) is 19.2 Å². The lowest BCUT2D eigenvalue weighted by Gasteiger charge is -2.06. The van der Waals surface area contributed by atoms with Crippen molar-refractivity contribution in [2.45, 2.75) is 13.1 Å². The van der Waals surface area contributed by atoms with Crippen molar-refractivity contribution >= 4 is 33.5 Å². The second kappa shape index (κ2) is 6.60. The molecule has 1 heterocycles. The van der Waals surface area contributed by atoms with Crippen LogP contribution in [-0.2, 0) is 15.7 Å². The zero-order valence-corrected chi connectivity index (χ0v) is 11.5. The molecule has 0 radical (unpaired) electrons. The summed E-state index contributed by atoms with van der Waals surface area (Å²) in [5.41, 5.74) is -0.121. The molecule has 0 fully saturated rings. The van der Waals surface area contributed by atoms with Gasteiger partial charge in [-0.1, -0.05) is 6.07 Å². The predicted molar refractivity (Wildman–Crippen MR) is 69.0 cm³/mol. The number of alkyl halides is 3. The standard InChI is InChI=1S/C9H5BrF3N.C3H6O2/c10-14-4-3-6-1-2-7(5-8(6)14)9(11,12)13;1-2-5-3-4/h1-5H;3H,2H2,1H3. The topological polar surface area (TPSA) is 31.2 Å². The van der Waals surface area contributed by atoms with Gasteiger partial charge in [0.1, 0.15) is 0 Å². The van der Waals surface area contributed by atoms with Gasteiger partial charge in [0.25, 0.3) is 6.47 Å². The fraction of sp³-hybridized carbons (Fsp3) is 0.250. The average Bonchev–Trinajstić information content (AvgIpc) is 2.72. The van der Waals surface area contributed by atoms with Crippen LogP contribution in [0.25, 0.3) is 10.9 Å². The highest BCUT2D eigenvalue weighted by Gasteiger charge is 2.30. The summed E-state index contributed by atoms with van der Waals surface area (Å²) in [5.74, 6) is 0. The van der Waals surface area contributed by atoms with Gasteiger partial charge in [0.05, 0.1) is 33.8 Å². The largest absolute Gasteiger partial charge is 0.468 e. The first-order valence-corrected chi connectivity index (χ1v) is 6.00. The minimum Gasteiger partial charge on any atom is -0.468 e. The van der Waals surface area contributed by atoms with Crippen LogP contribution in [0, 0.1) is 0 Å². The molecule has 0 spiro atoms. The third kappa shape index (κ3) is 4.27. The molecule has 19 heavy (non-hydrogen) atoms. The smallest absolute Gasteiger partial charge is 0.416 e. The van der Waals surface area contributed by atoms with Crippen molar-refractivity contribution in [3.8, 4) is 0 Å². The fourth-order valence-electron chi connectivity index (χ4n) is 1.34. The summed E-state index contributed by atoms with van der Waals surface area (Å²) < 4.78 is 42.6. The molecule has 3 nitrogen and oxygen atoms in total. The van der Waals surface area contributed by atoms with E-state index in [0.29, 0.717) is 18.6 Å². The Labute approximate surface area is 116 Å². The lowest BCUT2D eigenvalue weighted by Crippen LogP contribution is -2.04. The molecule has 0 aliphatic heterocycles. The molecule has 0 saturated heterocycles. The molecule has 2 aromatic rings. The number of hydrogen-bond acceptors (Lipinski definition) is 2. The number of rotatable bonds is 2. The van der Waals surface area contributed by atoms with E-state index < -0.39 is 11.7 Å². The Kier molecular flexibility index (Phi) is 5.41. The van der Waals surface area contributed by atoms with Crippen LogP contribution in [0.3, 0.4) is 0 Å². The highest BCUT2D eigenvalue weighted by molar-refractivity contribution is 9.08. The maximum atomic E-state index is 12.3. The molecule has 0 unspecified atom stereocenters. The Morgan fingerprint density at radius 3 is 2.53 bits per heavy atom. The van der Waals surface area contributed by atoms with Crippen LogP contribution in [0.1, 0.15) is 12.5 Å². The van der Waals surface area contributed by atoms with Crippen LogP contribution in [0.5, 0.6) is 0 Å². The first-order chi connectivity index (χ1) is 8.90. The van der Waals surface area contributed by atoms with Gasteiger partial charge < -0.3 is 4.74 Å². The summed E-state index contributed by atoms with van der Waals surface area (Å²) in [6.45, 7) is 2.66. The number of carbonyl (C=O) groups is 1. The molecule has 2 rings (SSSR count). The number of benzene rings is 1. The Morgan fingerprint density at radius 2 is 2.05 bits per heavy atom. The molecular weight excluding hydrogens is 327 g/mol. The van der Waals surface area contributed by atoms with Crippen molar-refractivity contribution in [2.24, 2.45) is 0 Å². The van der Waals surface area contributed by atoms with E-state index in [4.69, 9.17) is 0 Å². The second-order valence-electron chi connectivity index (χ2n) is 3.45. The van der Waals surface area contributed by atoms with Crippen LogP contribution >= 0.6 is 16.1 Å². The highest BCUT2D eigenvalue weighted by atomic mass is 79.9. The van der Waals surface area contributed by atoms with Gasteiger partial charge in [-0.2, -0.15) is 13.2 Å². The number of carbonyl (C=O) groups excluding carboxylic acids is 1. The first-order valence-electron chi connectivity index (χ1n) is 5.30. The van der Waals surface area contributed by atoms with Gasteiger partial charge in [0, 0.05) is 11.6 Å². The normalized spacial score (nSPS) is 10.8. The molecule has 0 aliphatic rings. The number of nitrogens with zero attached hydrogens (tertiary/aromatic N) is 1. The molecule has 0 saturated carbocycles. The lowest BCUT2D eigenvalue weighted by atomic mass is 10.1. The fourth-order valence-corrected chi connectivity index (χ4v) is 1.77. The Hall–Kier alpha value is -1.50. The molecule has 7 heteroatoms. The van der Waals surface area contributed by atoms with Crippen molar-refractivity contribution in [3.05, 3.63) is 36.0 Å². The third-order valence-electron chi connectivity index (χ3n) is 2.21. The molecule has 104 valence electrons. The zero-order valence-electron chi connectivity index (χ0n) is 9.95. The Bertz CT molecular complexity index is 551. The number of ether oxygens (including phenoxy) is 1. The van der Waals surface area contributed by atoms with Gasteiger partial charge in [0.2, 0.25) is 0 Å². The average molecular weight is 338 g/mol. The van der Waals surface area contributed by atoms with Crippen LogP contribution in [0.4, 0.5) is 13.2 Å². The van der Waals surface area contributed by atoms with Crippen molar-refractivity contribution in [2.75, 3.05) is 6.61 Å². The summed E-state index contributed by atoms with van der Waals surface area (Å²) in [5, 5.41) is 0.773. The van der Waals surface area contributed by atoms with Crippen molar-refractivity contribution < 1.29 is 22.7 Å². The molecular formula is C12H11BrF3NO2. The second-order valence-corrected chi connectivity index (χ2v) is 4.21. The van der Waals surface area contributed by atoms with Crippen LogP contribution in [-0.4, -0.2) is 16.7 Å². The van der Waals surface area contributed by atoms with E-state index >= 15 is 0 Å². The van der Waals surface area contributed by atoms with Gasteiger partial charge in [-0.15, -0.1) is 0 Å². The van der Waals surface area contributed by atoms with E-state index in [-0.39, 0.29) is 0 Å². The lowest BCUT2D eigenvalue weighted by molar-refractivity contribution is -0.137. The summed E-state index contributed by atoms with van der Waals surface area (Å²) in [6, 6.07) is 5.39. The summed E-state index contributed by atoms with van der Waals surface area (Å²) in [7, 11) is 0. The van der Waals surface area contributed by atoms with Crippen molar-refractivity contribution in [3.63, 3.8) is 0 Å². The maximum absolute atomic E-state index is 12.3. The third-order valence-corrected chi connectivity index (χ3v) is 2.83. The molecule has 0 bridgehead atoms. The molecule has 0 N–H and O–H groups in total. The maximum Gasteiger partial charge on any atom is 0.416 e. The van der Waals surface area contributed by atoms with Gasteiger partial charge in [0.15, 0.2) is 0 Å². The Morgan fingerprint density at radius 1 is 1.37 bits per heavy atom. The highest BCUT2D eigenvalue weighted by Crippen LogP contribution is 2.31. The van der Waals surface area contributed by atoms with Crippen molar-refractivity contribution in [1.82, 2.24) is 3.59 Å². The van der Waals surface area contributed by atoms with Gasteiger partial charge >= 0.3 is 6.18 Å². The molecule has 0 aliphatic carbocycles. The quantitative estimate of drug-likeness (QED) is 0.775. The SMILES string of the molecule is CCOC=O.FC(F)(F)c1ccc2ccn(Br)c2c1. The van der Waals surface area contributed by atoms with E-state index in [2.05, 4.69) is 20.9 Å². The number of aromatic nitrogens is 1. The Balaban J connectivity index is 0.000000312. The summed E-state index contributed by atoms with van der Waals surface area (Å²) in [6.07, 6.45) is -2.63. The molecule has 1 aromatic carbocycles. The molecule has 1 aromatic heterocycles. The number of fused-ring (bicyclic) bond motifs is 1. The number of hydrogen-bond donors (Lipinski definition) is 0. The number of halogens is 4. The predicted octanol–water partition coefficient (Wildman–Crippen LogP) is 4.00. The van der Waals surface area contributed by atoms with Gasteiger partial charge in [-0.25, -0.2) is 0 Å². The minimum atomic E-state index is -4.29. The van der Waals surface area contributed by atoms with Gasteiger partial charge in [-0.3, -0.25) is 8.39 Å². The van der Waals surface area contributed by atoms with Crippen LogP contribution in [0.15, 0.2) is 30.5 Å². The van der Waals surface area contributed by atoms with E-state index in [0.717, 1.165) is 17.5 Å². The first kappa shape index (κ1) is 15.6. The minimum absolute atomic E-state index is 0.431. The van der Waals surface area contributed by atoms with Crippen LogP contribution < -0.4 is 0 Å². The monoisotopic (exact) mass is 337 g/mol. The van der Waals surface area contributed by atoms with Gasteiger partial charge in [-0.05, 0) is 25.1 Å². The van der Waals surface area contributed by atoms with Crippen LogP contribution in [0.2, 0.25) is 0 Å². The summed E-state index contributed by atoms with van der Waals surface area (Å²) >= 11 is 3.12.